The largest absolute Gasteiger partial charge is 0.487 e. The van der Waals surface area contributed by atoms with Crippen LogP contribution in [0.1, 0.15) is 6.42 Å². The van der Waals surface area contributed by atoms with Crippen LogP contribution in [0.5, 0.6) is 5.75 Å². The quantitative estimate of drug-likeness (QED) is 0.897. The molecule has 0 saturated carbocycles. The Balaban J connectivity index is 1.89. The van der Waals surface area contributed by atoms with Crippen molar-refractivity contribution in [2.75, 3.05) is 18.9 Å². The predicted octanol–water partition coefficient (Wildman–Crippen LogP) is 2.09. The first-order valence-corrected chi connectivity index (χ1v) is 5.89. The number of hydrogen-bond donors (Lipinski definition) is 1. The van der Waals surface area contributed by atoms with Gasteiger partial charge in [0.25, 0.3) is 0 Å². The number of para-hydroxylation sites is 1. The van der Waals surface area contributed by atoms with Gasteiger partial charge in [0.1, 0.15) is 17.5 Å². The van der Waals surface area contributed by atoms with Crippen molar-refractivity contribution in [3.8, 4) is 17.0 Å². The van der Waals surface area contributed by atoms with Crippen LogP contribution in [0, 0.1) is 0 Å². The number of nitrogens with zero attached hydrogens (tertiary/aromatic N) is 1. The van der Waals surface area contributed by atoms with Crippen LogP contribution >= 0.6 is 0 Å². The zero-order chi connectivity index (χ0) is 12.4. The summed E-state index contributed by atoms with van der Waals surface area (Å²) in [6, 6.07) is 9.39. The third-order valence-corrected chi connectivity index (χ3v) is 2.87. The smallest absolute Gasteiger partial charge is 0.222 e. The zero-order valence-corrected chi connectivity index (χ0v) is 9.83. The molecule has 2 N–H and O–H groups in total. The number of anilines is 1. The second-order valence-electron chi connectivity index (χ2n) is 4.21. The Morgan fingerprint density at radius 3 is 2.94 bits per heavy atom. The molecular formula is C13H14N2O3. The van der Waals surface area contributed by atoms with Crippen LogP contribution in [0.25, 0.3) is 11.3 Å². The monoisotopic (exact) mass is 246 g/mol. The Hall–Kier alpha value is -2.01. The molecule has 2 heterocycles. The molecule has 0 spiro atoms. The fourth-order valence-electron chi connectivity index (χ4n) is 1.98. The highest BCUT2D eigenvalue weighted by Crippen LogP contribution is 2.31. The Morgan fingerprint density at radius 1 is 1.33 bits per heavy atom. The summed E-state index contributed by atoms with van der Waals surface area (Å²) in [4.78, 5) is 0. The minimum Gasteiger partial charge on any atom is -0.487 e. The van der Waals surface area contributed by atoms with Gasteiger partial charge in [-0.25, -0.2) is 0 Å². The fourth-order valence-corrected chi connectivity index (χ4v) is 1.98. The van der Waals surface area contributed by atoms with Gasteiger partial charge in [0.15, 0.2) is 0 Å². The molecule has 1 fully saturated rings. The van der Waals surface area contributed by atoms with Crippen LogP contribution in [-0.4, -0.2) is 24.5 Å². The molecule has 0 aliphatic carbocycles. The third-order valence-electron chi connectivity index (χ3n) is 2.87. The molecule has 2 aromatic rings. The Labute approximate surface area is 104 Å². The topological polar surface area (TPSA) is 70.5 Å². The molecule has 3 rings (SSSR count). The van der Waals surface area contributed by atoms with E-state index in [1.165, 1.54) is 0 Å². The van der Waals surface area contributed by atoms with Crippen molar-refractivity contribution in [3.05, 3.63) is 30.3 Å². The van der Waals surface area contributed by atoms with Crippen molar-refractivity contribution in [2.24, 2.45) is 0 Å². The Morgan fingerprint density at radius 2 is 2.22 bits per heavy atom. The molecule has 1 aliphatic heterocycles. The Bertz CT molecular complexity index is 533. The molecule has 94 valence electrons. The van der Waals surface area contributed by atoms with Gasteiger partial charge in [-0.1, -0.05) is 17.3 Å². The van der Waals surface area contributed by atoms with E-state index < -0.39 is 0 Å². The van der Waals surface area contributed by atoms with Gasteiger partial charge in [-0.05, 0) is 12.1 Å². The summed E-state index contributed by atoms with van der Waals surface area (Å²) in [5.41, 5.74) is 7.10. The lowest BCUT2D eigenvalue weighted by molar-refractivity contribution is 0.141. The Kier molecular flexibility index (Phi) is 2.90. The maximum Gasteiger partial charge on any atom is 0.222 e. The van der Waals surface area contributed by atoms with E-state index in [1.807, 2.05) is 24.3 Å². The molecule has 1 aromatic carbocycles. The molecule has 5 heteroatoms. The molecule has 1 atom stereocenters. The second-order valence-corrected chi connectivity index (χ2v) is 4.21. The summed E-state index contributed by atoms with van der Waals surface area (Å²) >= 11 is 0. The summed E-state index contributed by atoms with van der Waals surface area (Å²) < 4.78 is 16.1. The summed E-state index contributed by atoms with van der Waals surface area (Å²) in [5, 5.41) is 3.91. The van der Waals surface area contributed by atoms with Gasteiger partial charge < -0.3 is 19.7 Å². The number of rotatable bonds is 3. The summed E-state index contributed by atoms with van der Waals surface area (Å²) in [7, 11) is 0. The van der Waals surface area contributed by atoms with Gasteiger partial charge in [-0.3, -0.25) is 0 Å². The van der Waals surface area contributed by atoms with Gasteiger partial charge >= 0.3 is 0 Å². The van der Waals surface area contributed by atoms with Crippen molar-refractivity contribution in [1.29, 1.82) is 0 Å². The average Bonchev–Trinajstić information content (AvgIpc) is 3.02. The molecule has 0 bridgehead atoms. The van der Waals surface area contributed by atoms with Crippen LogP contribution in [-0.2, 0) is 4.74 Å². The predicted molar refractivity (Wildman–Crippen MR) is 66.2 cm³/mol. The summed E-state index contributed by atoms with van der Waals surface area (Å²) in [6.45, 7) is 1.39. The maximum atomic E-state index is 5.92. The first-order chi connectivity index (χ1) is 8.83. The first kappa shape index (κ1) is 11.1. The molecule has 1 aromatic heterocycles. The highest BCUT2D eigenvalue weighted by molar-refractivity contribution is 5.68. The molecule has 1 saturated heterocycles. The summed E-state index contributed by atoms with van der Waals surface area (Å²) in [5.74, 6) is 1.07. The van der Waals surface area contributed by atoms with E-state index >= 15 is 0 Å². The number of aromatic nitrogens is 1. The zero-order valence-electron chi connectivity index (χ0n) is 9.83. The van der Waals surface area contributed by atoms with E-state index in [2.05, 4.69) is 5.16 Å². The van der Waals surface area contributed by atoms with Gasteiger partial charge in [0.05, 0.1) is 13.2 Å². The average molecular weight is 246 g/mol. The highest BCUT2D eigenvalue weighted by Gasteiger charge is 2.19. The minimum atomic E-state index is 0.107. The lowest BCUT2D eigenvalue weighted by atomic mass is 10.1. The van der Waals surface area contributed by atoms with Crippen LogP contribution in [0.4, 0.5) is 5.88 Å². The van der Waals surface area contributed by atoms with Gasteiger partial charge in [-0.2, -0.15) is 0 Å². The molecule has 0 radical (unpaired) electrons. The lowest BCUT2D eigenvalue weighted by Gasteiger charge is -2.14. The number of nitrogens with two attached hydrogens (primary N) is 1. The number of nitrogen functional groups attached to an aromatic ring is 1. The number of hydrogen-bond acceptors (Lipinski definition) is 5. The normalized spacial score (nSPS) is 19.0. The summed E-state index contributed by atoms with van der Waals surface area (Å²) in [6.07, 6.45) is 1.02. The molecule has 5 nitrogen and oxygen atoms in total. The maximum absolute atomic E-state index is 5.92. The number of benzene rings is 1. The van der Waals surface area contributed by atoms with E-state index in [1.54, 1.807) is 6.07 Å². The van der Waals surface area contributed by atoms with E-state index in [-0.39, 0.29) is 6.10 Å². The third kappa shape index (κ3) is 2.17. The van der Waals surface area contributed by atoms with Crippen LogP contribution < -0.4 is 10.5 Å². The SMILES string of the molecule is Nc1cc(-c2ccccc2OC2CCOC2)no1. The number of ether oxygens (including phenoxy) is 2. The molecule has 0 amide bonds. The van der Waals surface area contributed by atoms with Crippen LogP contribution in [0.3, 0.4) is 0 Å². The highest BCUT2D eigenvalue weighted by atomic mass is 16.5. The molecular weight excluding hydrogens is 232 g/mol. The van der Waals surface area contributed by atoms with Crippen molar-refractivity contribution >= 4 is 5.88 Å². The van der Waals surface area contributed by atoms with E-state index in [0.29, 0.717) is 18.2 Å². The lowest BCUT2D eigenvalue weighted by Crippen LogP contribution is -2.16. The van der Waals surface area contributed by atoms with E-state index in [4.69, 9.17) is 19.7 Å². The minimum absolute atomic E-state index is 0.107. The standard InChI is InChI=1S/C13H14N2O3/c14-13-7-11(15-18-13)10-3-1-2-4-12(10)17-9-5-6-16-8-9/h1-4,7,9H,5-6,8,14H2. The molecule has 1 aliphatic rings. The van der Waals surface area contributed by atoms with Crippen molar-refractivity contribution in [1.82, 2.24) is 5.16 Å². The van der Waals surface area contributed by atoms with Crippen molar-refractivity contribution < 1.29 is 14.0 Å². The van der Waals surface area contributed by atoms with E-state index in [0.717, 1.165) is 24.3 Å². The molecule has 1 unspecified atom stereocenters. The van der Waals surface area contributed by atoms with Gasteiger partial charge in [0, 0.05) is 18.1 Å². The first-order valence-electron chi connectivity index (χ1n) is 5.89. The molecule has 18 heavy (non-hydrogen) atoms. The fraction of sp³-hybridized carbons (Fsp3) is 0.308. The van der Waals surface area contributed by atoms with Crippen molar-refractivity contribution in [2.45, 2.75) is 12.5 Å². The second kappa shape index (κ2) is 4.70. The van der Waals surface area contributed by atoms with Gasteiger partial charge in [-0.15, -0.1) is 0 Å². The van der Waals surface area contributed by atoms with Gasteiger partial charge in [0.2, 0.25) is 5.88 Å². The van der Waals surface area contributed by atoms with Crippen LogP contribution in [0.2, 0.25) is 0 Å². The van der Waals surface area contributed by atoms with Crippen LogP contribution in [0.15, 0.2) is 34.9 Å². The van der Waals surface area contributed by atoms with Crippen molar-refractivity contribution in [3.63, 3.8) is 0 Å². The van der Waals surface area contributed by atoms with E-state index in [9.17, 15) is 0 Å².